The Morgan fingerprint density at radius 3 is 2.73 bits per heavy atom. The van der Waals surface area contributed by atoms with Crippen molar-refractivity contribution in [3.63, 3.8) is 0 Å². The lowest BCUT2D eigenvalue weighted by Gasteiger charge is -2.38. The van der Waals surface area contributed by atoms with Crippen molar-refractivity contribution in [3.8, 4) is 0 Å². The van der Waals surface area contributed by atoms with Crippen LogP contribution in [-0.4, -0.2) is 28.4 Å². The molecule has 3 rings (SSSR count). The molecule has 2 aliphatic heterocycles. The molecule has 0 saturated carbocycles. The molecule has 2 aliphatic rings. The van der Waals surface area contributed by atoms with E-state index in [0.717, 1.165) is 0 Å². The number of aromatic nitrogens is 1. The molecule has 2 unspecified atom stereocenters. The van der Waals surface area contributed by atoms with Crippen LogP contribution in [0.3, 0.4) is 0 Å². The van der Waals surface area contributed by atoms with Crippen molar-refractivity contribution in [2.75, 3.05) is 6.61 Å². The minimum absolute atomic E-state index is 0.000162. The highest BCUT2D eigenvalue weighted by atomic mass is 19.1. The van der Waals surface area contributed by atoms with E-state index in [9.17, 15) is 14.0 Å². The van der Waals surface area contributed by atoms with Crippen LogP contribution in [0.4, 0.5) is 4.39 Å². The number of aromatic carboxylic acids is 1. The van der Waals surface area contributed by atoms with Crippen LogP contribution in [0.15, 0.2) is 29.7 Å². The Balaban J connectivity index is 2.38. The number of halogens is 1. The van der Waals surface area contributed by atoms with Crippen molar-refractivity contribution in [1.82, 2.24) is 4.57 Å². The van der Waals surface area contributed by atoms with Gasteiger partial charge in [0.05, 0.1) is 18.3 Å². The lowest BCUT2D eigenvalue weighted by molar-refractivity contribution is 0.0692. The van der Waals surface area contributed by atoms with E-state index in [1.54, 1.807) is 0 Å². The summed E-state index contributed by atoms with van der Waals surface area (Å²) < 4.78 is 21.7. The topological polar surface area (TPSA) is 68.5 Å². The first-order chi connectivity index (χ1) is 10.2. The number of hydrogen-bond acceptors (Lipinski definition) is 3. The van der Waals surface area contributed by atoms with Gasteiger partial charge in [0.2, 0.25) is 5.43 Å². The molecule has 1 aromatic rings. The molecule has 6 heteroatoms. The zero-order valence-electron chi connectivity index (χ0n) is 12.4. The summed E-state index contributed by atoms with van der Waals surface area (Å²) in [5.41, 5.74) is -1.30. The van der Waals surface area contributed by atoms with E-state index in [1.807, 2.05) is 13.8 Å². The van der Waals surface area contributed by atoms with E-state index in [1.165, 1.54) is 10.8 Å². The molecule has 0 spiro atoms. The lowest BCUT2D eigenvalue weighted by atomic mass is 9.78. The number of rotatable bonds is 1. The molecule has 3 heterocycles. The molecule has 1 N–H and O–H groups in total. The largest absolute Gasteiger partial charge is 0.477 e. The maximum atomic E-state index is 14.5. The number of pyridine rings is 1. The fraction of sp³-hybridized carbons (Fsp3) is 0.375. The average molecular weight is 305 g/mol. The molecule has 0 bridgehead atoms. The maximum Gasteiger partial charge on any atom is 0.341 e. The molecule has 1 aromatic heterocycles. The number of carboxylic acid groups (broad SMARTS) is 1. The highest BCUT2D eigenvalue weighted by molar-refractivity contribution is 5.88. The minimum Gasteiger partial charge on any atom is -0.477 e. The van der Waals surface area contributed by atoms with E-state index in [-0.39, 0.29) is 22.7 Å². The van der Waals surface area contributed by atoms with Crippen molar-refractivity contribution in [3.05, 3.63) is 52.2 Å². The third-order valence-electron chi connectivity index (χ3n) is 4.45. The molecule has 5 nitrogen and oxygen atoms in total. The van der Waals surface area contributed by atoms with Gasteiger partial charge in [0, 0.05) is 11.6 Å². The molecular weight excluding hydrogens is 289 g/mol. The number of hydrogen-bond donors (Lipinski definition) is 1. The quantitative estimate of drug-likeness (QED) is 0.864. The summed E-state index contributed by atoms with van der Waals surface area (Å²) in [6.45, 7) is 12.0. The average Bonchev–Trinajstić information content (AvgIpc) is 2.75. The molecule has 0 aliphatic carbocycles. The van der Waals surface area contributed by atoms with Crippen molar-refractivity contribution < 1.29 is 19.0 Å². The van der Waals surface area contributed by atoms with Crippen LogP contribution in [0.1, 0.15) is 35.9 Å². The molecule has 116 valence electrons. The molecule has 1 saturated heterocycles. The monoisotopic (exact) mass is 305 g/mol. The number of carboxylic acids is 1. The normalized spacial score (nSPS) is 25.8. The first-order valence-electron chi connectivity index (χ1n) is 6.85. The van der Waals surface area contributed by atoms with Gasteiger partial charge in [-0.15, -0.1) is 0 Å². The van der Waals surface area contributed by atoms with Gasteiger partial charge >= 0.3 is 5.97 Å². The lowest BCUT2D eigenvalue weighted by Crippen LogP contribution is -2.39. The van der Waals surface area contributed by atoms with Gasteiger partial charge in [-0.3, -0.25) is 4.79 Å². The number of nitrogens with zero attached hydrogens (tertiary/aromatic N) is 1. The minimum atomic E-state index is -1.46. The standard InChI is InChI=1S/C16H16FNO4/c1-7-8(2)13-14(16(3,4)6-22-13)18-5-9(15(20)21)12(19)10(17)11(7)18/h5,13-14H,1-2,6H2,3-4H3,(H,20,21). The summed E-state index contributed by atoms with van der Waals surface area (Å²) >= 11 is 0. The van der Waals surface area contributed by atoms with Crippen LogP contribution < -0.4 is 5.43 Å². The zero-order chi connectivity index (χ0) is 16.4. The Morgan fingerprint density at radius 2 is 2.14 bits per heavy atom. The molecule has 0 radical (unpaired) electrons. The van der Waals surface area contributed by atoms with Crippen molar-refractivity contribution in [2.45, 2.75) is 26.0 Å². The van der Waals surface area contributed by atoms with E-state index in [4.69, 9.17) is 9.84 Å². The van der Waals surface area contributed by atoms with Crippen LogP contribution in [0, 0.1) is 11.2 Å². The Labute approximate surface area is 126 Å². The fourth-order valence-electron chi connectivity index (χ4n) is 3.29. The predicted octanol–water partition coefficient (Wildman–Crippen LogP) is 2.23. The van der Waals surface area contributed by atoms with Crippen LogP contribution in [-0.2, 0) is 4.74 Å². The van der Waals surface area contributed by atoms with Crippen molar-refractivity contribution in [2.24, 2.45) is 5.41 Å². The summed E-state index contributed by atoms with van der Waals surface area (Å²) in [4.78, 5) is 23.1. The third-order valence-corrected chi connectivity index (χ3v) is 4.45. The van der Waals surface area contributed by atoms with Crippen LogP contribution in [0.2, 0.25) is 0 Å². The van der Waals surface area contributed by atoms with Gasteiger partial charge in [0.1, 0.15) is 11.7 Å². The Kier molecular flexibility index (Phi) is 2.94. The van der Waals surface area contributed by atoms with E-state index in [2.05, 4.69) is 13.2 Å². The molecular formula is C16H16FNO4. The van der Waals surface area contributed by atoms with Crippen molar-refractivity contribution in [1.29, 1.82) is 0 Å². The summed E-state index contributed by atoms with van der Waals surface area (Å²) in [6.07, 6.45) is 0.785. The Hall–Kier alpha value is -2.21. The van der Waals surface area contributed by atoms with E-state index >= 15 is 0 Å². The fourth-order valence-corrected chi connectivity index (χ4v) is 3.29. The smallest absolute Gasteiger partial charge is 0.341 e. The van der Waals surface area contributed by atoms with Gasteiger partial charge in [-0.25, -0.2) is 9.18 Å². The summed E-state index contributed by atoms with van der Waals surface area (Å²) in [6, 6.07) is -0.339. The van der Waals surface area contributed by atoms with Crippen molar-refractivity contribution >= 4 is 11.5 Å². The van der Waals surface area contributed by atoms with Gasteiger partial charge < -0.3 is 14.4 Å². The summed E-state index contributed by atoms with van der Waals surface area (Å²) in [5, 5.41) is 9.13. The van der Waals surface area contributed by atoms with Gasteiger partial charge in [-0.2, -0.15) is 0 Å². The number of carbonyl (C=O) groups is 1. The van der Waals surface area contributed by atoms with Gasteiger partial charge in [0.25, 0.3) is 0 Å². The molecule has 1 fully saturated rings. The van der Waals surface area contributed by atoms with E-state index < -0.39 is 28.9 Å². The second kappa shape index (κ2) is 4.39. The molecule has 22 heavy (non-hydrogen) atoms. The zero-order valence-corrected chi connectivity index (χ0v) is 12.4. The van der Waals surface area contributed by atoms with E-state index in [0.29, 0.717) is 12.2 Å². The molecule has 0 amide bonds. The van der Waals surface area contributed by atoms with Gasteiger partial charge in [0.15, 0.2) is 5.82 Å². The second-order valence-corrected chi connectivity index (χ2v) is 6.42. The molecule has 2 atom stereocenters. The SMILES string of the molecule is C=C1C(=C)C2OCC(C)(C)C2n2cc(C(=O)O)c(=O)c(F)c21. The highest BCUT2D eigenvalue weighted by Crippen LogP contribution is 2.50. The van der Waals surface area contributed by atoms with Gasteiger partial charge in [-0.1, -0.05) is 27.0 Å². The van der Waals surface area contributed by atoms with Gasteiger partial charge in [-0.05, 0) is 11.1 Å². The Bertz CT molecular complexity index is 790. The van der Waals surface area contributed by atoms with Crippen LogP contribution in [0.5, 0.6) is 0 Å². The third kappa shape index (κ3) is 1.73. The summed E-state index contributed by atoms with van der Waals surface area (Å²) in [7, 11) is 0. The second-order valence-electron chi connectivity index (χ2n) is 6.42. The predicted molar refractivity (Wildman–Crippen MR) is 78.4 cm³/mol. The Morgan fingerprint density at radius 1 is 1.50 bits per heavy atom. The highest BCUT2D eigenvalue weighted by Gasteiger charge is 2.50. The number of ether oxygens (including phenoxy) is 1. The molecule has 0 aromatic carbocycles. The number of fused-ring (bicyclic) bond motifs is 3. The first kappa shape index (κ1) is 14.7. The maximum absolute atomic E-state index is 14.5. The van der Waals surface area contributed by atoms with Crippen LogP contribution in [0.25, 0.3) is 5.57 Å². The first-order valence-corrected chi connectivity index (χ1v) is 6.85. The van der Waals surface area contributed by atoms with Crippen LogP contribution >= 0.6 is 0 Å². The summed E-state index contributed by atoms with van der Waals surface area (Å²) in [5.74, 6) is -2.56.